The van der Waals surface area contributed by atoms with E-state index in [4.69, 9.17) is 5.73 Å². The lowest BCUT2D eigenvalue weighted by Crippen LogP contribution is -2.03. The topological polar surface area (TPSA) is 71.8 Å². The quantitative estimate of drug-likeness (QED) is 0.670. The summed E-state index contributed by atoms with van der Waals surface area (Å²) >= 11 is 1.46. The predicted octanol–water partition coefficient (Wildman–Crippen LogP) is 0.443. The first kappa shape index (κ1) is 7.45. The maximum absolute atomic E-state index is 11.2. The van der Waals surface area contributed by atoms with Crippen molar-refractivity contribution in [2.75, 3.05) is 0 Å². The number of nitrogens with zero attached hydrogens (tertiary/aromatic N) is 1. The maximum atomic E-state index is 11.2. The van der Waals surface area contributed by atoms with Crippen molar-refractivity contribution in [3.63, 3.8) is 0 Å². The molecule has 12 heavy (non-hydrogen) atoms. The highest BCUT2D eigenvalue weighted by molar-refractivity contribution is 7.18. The van der Waals surface area contributed by atoms with E-state index in [0.717, 1.165) is 9.71 Å². The van der Waals surface area contributed by atoms with Crippen LogP contribution in [0.2, 0.25) is 0 Å². The Morgan fingerprint density at radius 1 is 1.67 bits per heavy atom. The molecular formula is C7H7N3OS. The van der Waals surface area contributed by atoms with E-state index in [1.807, 2.05) is 0 Å². The van der Waals surface area contributed by atoms with Gasteiger partial charge in [0.2, 0.25) is 0 Å². The van der Waals surface area contributed by atoms with Crippen molar-refractivity contribution in [1.82, 2.24) is 9.97 Å². The molecule has 2 rings (SSSR count). The number of hydrogen-bond donors (Lipinski definition) is 2. The average Bonchev–Trinajstić information content (AvgIpc) is 2.49. The van der Waals surface area contributed by atoms with Crippen LogP contribution in [0.15, 0.2) is 17.2 Å². The lowest BCUT2D eigenvalue weighted by atomic mass is 10.3. The highest BCUT2D eigenvalue weighted by Gasteiger charge is 2.03. The van der Waals surface area contributed by atoms with Crippen LogP contribution in [0, 0.1) is 0 Å². The van der Waals surface area contributed by atoms with Crippen molar-refractivity contribution in [3.8, 4) is 0 Å². The van der Waals surface area contributed by atoms with Gasteiger partial charge in [0.15, 0.2) is 0 Å². The molecule has 0 aromatic carbocycles. The van der Waals surface area contributed by atoms with Crippen molar-refractivity contribution in [1.29, 1.82) is 0 Å². The van der Waals surface area contributed by atoms with Crippen molar-refractivity contribution >= 4 is 21.6 Å². The van der Waals surface area contributed by atoms with E-state index in [9.17, 15) is 4.79 Å². The smallest absolute Gasteiger partial charge is 0.259 e. The Labute approximate surface area is 72.1 Å². The van der Waals surface area contributed by atoms with Gasteiger partial charge in [-0.3, -0.25) is 4.79 Å². The minimum atomic E-state index is -0.101. The van der Waals surface area contributed by atoms with Crippen LogP contribution < -0.4 is 11.3 Å². The number of H-pyrrole nitrogens is 1. The van der Waals surface area contributed by atoms with Crippen molar-refractivity contribution in [3.05, 3.63) is 27.6 Å². The van der Waals surface area contributed by atoms with Crippen molar-refractivity contribution in [2.45, 2.75) is 6.54 Å². The fourth-order valence-corrected chi connectivity index (χ4v) is 1.89. The van der Waals surface area contributed by atoms with Crippen LogP contribution >= 0.6 is 11.3 Å². The molecule has 2 heterocycles. The zero-order valence-electron chi connectivity index (χ0n) is 6.20. The summed E-state index contributed by atoms with van der Waals surface area (Å²) < 4.78 is 0. The molecule has 0 fully saturated rings. The van der Waals surface area contributed by atoms with Gasteiger partial charge in [-0.25, -0.2) is 4.98 Å². The first-order valence-corrected chi connectivity index (χ1v) is 4.29. The van der Waals surface area contributed by atoms with Crippen LogP contribution in [0.4, 0.5) is 0 Å². The normalized spacial score (nSPS) is 10.8. The molecule has 0 spiro atoms. The number of rotatable bonds is 1. The Hall–Kier alpha value is -1.20. The summed E-state index contributed by atoms with van der Waals surface area (Å²) in [7, 11) is 0. The van der Waals surface area contributed by atoms with Gasteiger partial charge in [-0.15, -0.1) is 11.3 Å². The number of nitrogens with two attached hydrogens (primary N) is 1. The summed E-state index contributed by atoms with van der Waals surface area (Å²) in [6, 6.07) is 1.78. The molecule has 0 amide bonds. The van der Waals surface area contributed by atoms with Gasteiger partial charge >= 0.3 is 0 Å². The van der Waals surface area contributed by atoms with Crippen LogP contribution in [-0.4, -0.2) is 9.97 Å². The molecule has 5 heteroatoms. The van der Waals surface area contributed by atoms with E-state index < -0.39 is 0 Å². The standard InChI is InChI=1S/C7H7N3OS/c8-2-4-1-5-6(11)9-3-10-7(5)12-4/h1,3H,2,8H2,(H,9,10,11). The number of thiophene rings is 1. The number of aromatic nitrogens is 2. The minimum absolute atomic E-state index is 0.101. The van der Waals surface area contributed by atoms with Gasteiger partial charge in [0, 0.05) is 11.4 Å². The summed E-state index contributed by atoms with van der Waals surface area (Å²) in [5.74, 6) is 0. The second-order valence-electron chi connectivity index (χ2n) is 2.37. The summed E-state index contributed by atoms with van der Waals surface area (Å²) in [6.07, 6.45) is 1.40. The highest BCUT2D eigenvalue weighted by atomic mass is 32.1. The molecule has 0 radical (unpaired) electrons. The van der Waals surface area contributed by atoms with E-state index in [1.165, 1.54) is 17.7 Å². The molecular weight excluding hydrogens is 174 g/mol. The Balaban J connectivity index is 2.83. The summed E-state index contributed by atoms with van der Waals surface area (Å²) in [6.45, 7) is 0.459. The van der Waals surface area contributed by atoms with Gasteiger partial charge in [-0.2, -0.15) is 0 Å². The second kappa shape index (κ2) is 2.69. The van der Waals surface area contributed by atoms with E-state index in [-0.39, 0.29) is 5.56 Å². The fourth-order valence-electron chi connectivity index (χ4n) is 1.02. The van der Waals surface area contributed by atoms with Crippen molar-refractivity contribution < 1.29 is 0 Å². The molecule has 0 atom stereocenters. The molecule has 0 saturated carbocycles. The molecule has 0 bridgehead atoms. The molecule has 0 aliphatic rings. The molecule has 0 aliphatic heterocycles. The van der Waals surface area contributed by atoms with E-state index in [1.54, 1.807) is 6.07 Å². The molecule has 4 nitrogen and oxygen atoms in total. The monoisotopic (exact) mass is 181 g/mol. The third-order valence-electron chi connectivity index (χ3n) is 1.59. The second-order valence-corrected chi connectivity index (χ2v) is 3.48. The van der Waals surface area contributed by atoms with Crippen LogP contribution in [0.1, 0.15) is 4.88 Å². The summed E-state index contributed by atoms with van der Waals surface area (Å²) in [5, 5.41) is 0.628. The third-order valence-corrected chi connectivity index (χ3v) is 2.65. The number of hydrogen-bond acceptors (Lipinski definition) is 4. The lowest BCUT2D eigenvalue weighted by Gasteiger charge is -1.82. The summed E-state index contributed by atoms with van der Waals surface area (Å²) in [5.41, 5.74) is 5.33. The molecule has 0 unspecified atom stereocenters. The van der Waals surface area contributed by atoms with Crippen LogP contribution in [0.3, 0.4) is 0 Å². The van der Waals surface area contributed by atoms with Crippen LogP contribution in [0.5, 0.6) is 0 Å². The summed E-state index contributed by atoms with van der Waals surface area (Å²) in [4.78, 5) is 19.4. The first-order chi connectivity index (χ1) is 5.81. The van der Waals surface area contributed by atoms with Gasteiger partial charge in [0.05, 0.1) is 11.7 Å². The van der Waals surface area contributed by atoms with Gasteiger partial charge in [-0.05, 0) is 6.07 Å². The molecule has 0 saturated heterocycles. The zero-order chi connectivity index (χ0) is 8.55. The maximum Gasteiger partial charge on any atom is 0.259 e. The van der Waals surface area contributed by atoms with Gasteiger partial charge in [0.1, 0.15) is 4.83 Å². The first-order valence-electron chi connectivity index (χ1n) is 3.47. The van der Waals surface area contributed by atoms with Gasteiger partial charge in [-0.1, -0.05) is 0 Å². The molecule has 0 aliphatic carbocycles. The average molecular weight is 181 g/mol. The third kappa shape index (κ3) is 1.03. The Kier molecular flexibility index (Phi) is 1.67. The Bertz CT molecular complexity index is 459. The van der Waals surface area contributed by atoms with Crippen LogP contribution in [0.25, 0.3) is 10.2 Å². The highest BCUT2D eigenvalue weighted by Crippen LogP contribution is 2.19. The number of nitrogens with one attached hydrogen (secondary N) is 1. The molecule has 62 valence electrons. The number of fused-ring (bicyclic) bond motifs is 1. The zero-order valence-corrected chi connectivity index (χ0v) is 7.02. The SMILES string of the molecule is NCc1cc2c(=O)[nH]cnc2s1. The van der Waals surface area contributed by atoms with Crippen molar-refractivity contribution in [2.24, 2.45) is 5.73 Å². The molecule has 2 aromatic rings. The lowest BCUT2D eigenvalue weighted by molar-refractivity contribution is 1.11. The minimum Gasteiger partial charge on any atom is -0.326 e. The van der Waals surface area contributed by atoms with E-state index >= 15 is 0 Å². The number of aromatic amines is 1. The fraction of sp³-hybridized carbons (Fsp3) is 0.143. The predicted molar refractivity (Wildman–Crippen MR) is 48.1 cm³/mol. The van der Waals surface area contributed by atoms with Crippen LogP contribution in [-0.2, 0) is 6.54 Å². The Morgan fingerprint density at radius 2 is 2.50 bits per heavy atom. The van der Waals surface area contributed by atoms with E-state index in [0.29, 0.717) is 11.9 Å². The molecule has 3 N–H and O–H groups in total. The van der Waals surface area contributed by atoms with E-state index in [2.05, 4.69) is 9.97 Å². The molecule has 2 aromatic heterocycles. The van der Waals surface area contributed by atoms with Gasteiger partial charge in [0.25, 0.3) is 5.56 Å². The largest absolute Gasteiger partial charge is 0.326 e. The van der Waals surface area contributed by atoms with Gasteiger partial charge < -0.3 is 10.7 Å². The Morgan fingerprint density at radius 3 is 3.17 bits per heavy atom.